The zero-order chi connectivity index (χ0) is 17.6. The molecule has 1 aromatic carbocycles. The number of rotatable bonds is 5. The molecule has 1 fully saturated rings. The van der Waals surface area contributed by atoms with Gasteiger partial charge in [-0.15, -0.1) is 24.0 Å². The minimum absolute atomic E-state index is 0. The fourth-order valence-electron chi connectivity index (χ4n) is 3.45. The molecule has 1 aromatic rings. The molecule has 2 N–H and O–H groups in total. The summed E-state index contributed by atoms with van der Waals surface area (Å²) in [6.45, 7) is 3.47. The third-order valence-corrected chi connectivity index (χ3v) is 4.95. The van der Waals surface area contributed by atoms with Gasteiger partial charge in [0.1, 0.15) is 0 Å². The third kappa shape index (κ3) is 5.59. The second-order valence-corrected chi connectivity index (χ2v) is 6.89. The number of amides is 1. The third-order valence-electron chi connectivity index (χ3n) is 4.95. The molecule has 0 atom stereocenters. The Labute approximate surface area is 168 Å². The predicted octanol–water partition coefficient (Wildman–Crippen LogP) is 2.93. The molecule has 0 aromatic heterocycles. The van der Waals surface area contributed by atoms with Crippen LogP contribution in [0.1, 0.15) is 36.8 Å². The van der Waals surface area contributed by atoms with Crippen molar-refractivity contribution in [3.8, 4) is 0 Å². The van der Waals surface area contributed by atoms with Crippen LogP contribution in [0.15, 0.2) is 29.3 Å². The number of halogens is 1. The molecule has 0 aliphatic heterocycles. The highest BCUT2D eigenvalue weighted by atomic mass is 127. The first-order chi connectivity index (χ1) is 11.5. The Morgan fingerprint density at radius 1 is 1.20 bits per heavy atom. The number of nitrogens with zero attached hydrogens (tertiary/aromatic N) is 2. The van der Waals surface area contributed by atoms with Crippen LogP contribution < -0.4 is 10.6 Å². The lowest BCUT2D eigenvalue weighted by atomic mass is 9.84. The molecule has 0 spiro atoms. The summed E-state index contributed by atoms with van der Waals surface area (Å²) in [6.07, 6.45) is 4.14. The number of nitrogens with one attached hydrogen (secondary N) is 2. The van der Waals surface area contributed by atoms with Gasteiger partial charge in [-0.3, -0.25) is 9.79 Å². The van der Waals surface area contributed by atoms with Gasteiger partial charge in [0.25, 0.3) is 0 Å². The Morgan fingerprint density at radius 2 is 1.84 bits per heavy atom. The molecule has 0 heterocycles. The number of carbonyl (C=O) groups excluding carboxylic acids is 1. The van der Waals surface area contributed by atoms with Crippen LogP contribution in [0.4, 0.5) is 0 Å². The van der Waals surface area contributed by atoms with Crippen LogP contribution in [0.2, 0.25) is 0 Å². The van der Waals surface area contributed by atoms with E-state index in [2.05, 4.69) is 34.7 Å². The van der Waals surface area contributed by atoms with E-state index >= 15 is 0 Å². The molecular formula is C19H31IN4O. The summed E-state index contributed by atoms with van der Waals surface area (Å²) in [7, 11) is 5.45. The van der Waals surface area contributed by atoms with Crippen molar-refractivity contribution in [3.63, 3.8) is 0 Å². The number of hydrogen-bond donors (Lipinski definition) is 2. The van der Waals surface area contributed by atoms with E-state index in [1.807, 2.05) is 26.2 Å². The Bertz CT molecular complexity index is 595. The van der Waals surface area contributed by atoms with Crippen LogP contribution in [0.3, 0.4) is 0 Å². The van der Waals surface area contributed by atoms with Gasteiger partial charge in [0.15, 0.2) is 5.96 Å². The van der Waals surface area contributed by atoms with Gasteiger partial charge in [-0.1, -0.05) is 37.1 Å². The molecule has 5 nitrogen and oxygen atoms in total. The van der Waals surface area contributed by atoms with Crippen LogP contribution in [0.5, 0.6) is 0 Å². The van der Waals surface area contributed by atoms with Gasteiger partial charge < -0.3 is 15.5 Å². The summed E-state index contributed by atoms with van der Waals surface area (Å²) >= 11 is 0. The van der Waals surface area contributed by atoms with Crippen molar-refractivity contribution in [2.45, 2.75) is 39.2 Å². The number of guanidine groups is 1. The summed E-state index contributed by atoms with van der Waals surface area (Å²) in [4.78, 5) is 18.6. The Morgan fingerprint density at radius 3 is 2.40 bits per heavy atom. The van der Waals surface area contributed by atoms with Gasteiger partial charge in [-0.2, -0.15) is 0 Å². The lowest BCUT2D eigenvalue weighted by molar-refractivity contribution is -0.138. The maximum Gasteiger partial charge on any atom is 0.230 e. The molecule has 2 rings (SSSR count). The number of carbonyl (C=O) groups is 1. The quantitative estimate of drug-likeness (QED) is 0.406. The van der Waals surface area contributed by atoms with Crippen LogP contribution in [0, 0.1) is 12.3 Å². The number of aryl methyl sites for hydroxylation is 1. The molecule has 1 amide bonds. The maximum absolute atomic E-state index is 12.6. The van der Waals surface area contributed by atoms with E-state index in [0.717, 1.165) is 38.2 Å². The van der Waals surface area contributed by atoms with Crippen molar-refractivity contribution in [3.05, 3.63) is 35.4 Å². The van der Waals surface area contributed by atoms with Gasteiger partial charge in [0, 0.05) is 34.2 Å². The Hall–Kier alpha value is -1.31. The molecule has 1 saturated carbocycles. The zero-order valence-electron chi connectivity index (χ0n) is 15.8. The molecule has 25 heavy (non-hydrogen) atoms. The fourth-order valence-corrected chi connectivity index (χ4v) is 3.45. The second-order valence-electron chi connectivity index (χ2n) is 6.89. The first-order valence-electron chi connectivity index (χ1n) is 8.69. The van der Waals surface area contributed by atoms with E-state index in [9.17, 15) is 4.79 Å². The van der Waals surface area contributed by atoms with Crippen molar-refractivity contribution in [1.29, 1.82) is 0 Å². The molecule has 0 bridgehead atoms. The van der Waals surface area contributed by atoms with Crippen molar-refractivity contribution in [2.24, 2.45) is 10.4 Å². The van der Waals surface area contributed by atoms with Gasteiger partial charge >= 0.3 is 0 Å². The topological polar surface area (TPSA) is 56.7 Å². The van der Waals surface area contributed by atoms with Crippen LogP contribution in [0.25, 0.3) is 0 Å². The number of aliphatic imine (C=N–C) groups is 1. The standard InChI is InChI=1S/C19H30N4O.HI/c1-15-9-5-6-10-16(15)13-21-18(20-2)22-14-19(11-7-8-12-19)17(24)23(3)4;/h5-6,9-10H,7-8,11-14H2,1-4H3,(H2,20,21,22);1H. The van der Waals surface area contributed by atoms with Crippen molar-refractivity contribution in [1.82, 2.24) is 15.5 Å². The molecule has 0 unspecified atom stereocenters. The summed E-state index contributed by atoms with van der Waals surface area (Å²) in [6, 6.07) is 8.31. The molecule has 140 valence electrons. The number of hydrogen-bond acceptors (Lipinski definition) is 2. The highest BCUT2D eigenvalue weighted by molar-refractivity contribution is 14.0. The molecule has 0 saturated heterocycles. The molecule has 6 heteroatoms. The van der Waals surface area contributed by atoms with E-state index in [1.165, 1.54) is 11.1 Å². The van der Waals surface area contributed by atoms with E-state index < -0.39 is 0 Å². The highest BCUT2D eigenvalue weighted by Crippen LogP contribution is 2.38. The van der Waals surface area contributed by atoms with Crippen LogP contribution in [-0.2, 0) is 11.3 Å². The Kier molecular flexibility index (Phi) is 8.68. The first-order valence-corrected chi connectivity index (χ1v) is 8.69. The molecule has 0 radical (unpaired) electrons. The van der Waals surface area contributed by atoms with E-state index in [-0.39, 0.29) is 35.3 Å². The summed E-state index contributed by atoms with van der Waals surface area (Å²) in [5, 5.41) is 6.72. The van der Waals surface area contributed by atoms with Crippen molar-refractivity contribution >= 4 is 35.8 Å². The average molecular weight is 458 g/mol. The maximum atomic E-state index is 12.6. The fraction of sp³-hybridized carbons (Fsp3) is 0.579. The van der Waals surface area contributed by atoms with E-state index in [4.69, 9.17) is 0 Å². The highest BCUT2D eigenvalue weighted by Gasteiger charge is 2.42. The summed E-state index contributed by atoms with van der Waals surface area (Å²) in [5.41, 5.74) is 2.22. The lowest BCUT2D eigenvalue weighted by Crippen LogP contribution is -2.49. The molecule has 1 aliphatic rings. The average Bonchev–Trinajstić information content (AvgIpc) is 3.05. The van der Waals surface area contributed by atoms with Crippen molar-refractivity contribution in [2.75, 3.05) is 27.7 Å². The van der Waals surface area contributed by atoms with Gasteiger partial charge in [-0.05, 0) is 30.9 Å². The van der Waals surface area contributed by atoms with Crippen molar-refractivity contribution < 1.29 is 4.79 Å². The zero-order valence-corrected chi connectivity index (χ0v) is 18.1. The largest absolute Gasteiger partial charge is 0.355 e. The normalized spacial score (nSPS) is 16.1. The van der Waals surface area contributed by atoms with E-state index in [1.54, 1.807) is 11.9 Å². The Balaban J connectivity index is 0.00000312. The number of benzene rings is 1. The first kappa shape index (κ1) is 21.7. The second kappa shape index (κ2) is 9.99. The van der Waals surface area contributed by atoms with E-state index in [0.29, 0.717) is 6.54 Å². The minimum Gasteiger partial charge on any atom is -0.355 e. The van der Waals surface area contributed by atoms with Crippen LogP contribution in [-0.4, -0.2) is 44.5 Å². The monoisotopic (exact) mass is 458 g/mol. The molecular weight excluding hydrogens is 427 g/mol. The predicted molar refractivity (Wildman–Crippen MR) is 114 cm³/mol. The van der Waals surface area contributed by atoms with Crippen LogP contribution >= 0.6 is 24.0 Å². The molecule has 1 aliphatic carbocycles. The smallest absolute Gasteiger partial charge is 0.230 e. The van der Waals surface area contributed by atoms with Gasteiger partial charge in [0.2, 0.25) is 5.91 Å². The minimum atomic E-state index is -0.288. The van der Waals surface area contributed by atoms with Gasteiger partial charge in [0.05, 0.1) is 5.41 Å². The SMILES string of the molecule is CN=C(NCc1ccccc1C)NCC1(C(=O)N(C)C)CCCC1.I. The summed E-state index contributed by atoms with van der Waals surface area (Å²) < 4.78 is 0. The lowest BCUT2D eigenvalue weighted by Gasteiger charge is -2.31. The summed E-state index contributed by atoms with van der Waals surface area (Å²) in [5.74, 6) is 0.970. The van der Waals surface area contributed by atoms with Gasteiger partial charge in [-0.25, -0.2) is 0 Å².